The highest BCUT2D eigenvalue weighted by molar-refractivity contribution is 5.92. The summed E-state index contributed by atoms with van der Waals surface area (Å²) in [4.78, 5) is 38.6. The van der Waals surface area contributed by atoms with Crippen molar-refractivity contribution in [2.75, 3.05) is 13.1 Å². The van der Waals surface area contributed by atoms with Gasteiger partial charge in [-0.1, -0.05) is 24.3 Å². The van der Waals surface area contributed by atoms with Crippen molar-refractivity contribution in [3.05, 3.63) is 68.0 Å². The summed E-state index contributed by atoms with van der Waals surface area (Å²) in [6.07, 6.45) is 1.53. The lowest BCUT2D eigenvalue weighted by atomic mass is 9.72. The van der Waals surface area contributed by atoms with Crippen LogP contribution in [-0.4, -0.2) is 44.2 Å². The molecule has 7 nitrogen and oxygen atoms in total. The van der Waals surface area contributed by atoms with E-state index in [1.54, 1.807) is 4.90 Å². The Morgan fingerprint density at radius 2 is 1.78 bits per heavy atom. The van der Waals surface area contributed by atoms with Gasteiger partial charge in [0, 0.05) is 38.7 Å². The van der Waals surface area contributed by atoms with E-state index < -0.39 is 17.4 Å². The zero-order chi connectivity index (χ0) is 19.3. The molecule has 1 amide bonds. The largest absolute Gasteiger partial charge is 0.392 e. The minimum Gasteiger partial charge on any atom is -0.392 e. The summed E-state index contributed by atoms with van der Waals surface area (Å²) < 4.78 is 2.20. The Morgan fingerprint density at radius 3 is 2.48 bits per heavy atom. The van der Waals surface area contributed by atoms with Crippen LogP contribution in [0.4, 0.5) is 0 Å². The second-order valence-corrected chi connectivity index (χ2v) is 7.59. The van der Waals surface area contributed by atoms with Gasteiger partial charge in [-0.3, -0.25) is 18.7 Å². The summed E-state index contributed by atoms with van der Waals surface area (Å²) in [7, 11) is 2.89. The van der Waals surface area contributed by atoms with Gasteiger partial charge in [-0.2, -0.15) is 0 Å². The number of piperidine rings is 1. The molecule has 7 heteroatoms. The molecular weight excluding hydrogens is 346 g/mol. The van der Waals surface area contributed by atoms with Crippen molar-refractivity contribution in [3.8, 4) is 0 Å². The third kappa shape index (κ3) is 2.56. The first-order valence-corrected chi connectivity index (χ1v) is 9.18. The van der Waals surface area contributed by atoms with Gasteiger partial charge in [0.1, 0.15) is 5.69 Å². The lowest BCUT2D eigenvalue weighted by molar-refractivity contribution is 0.0359. The highest BCUT2D eigenvalue weighted by Crippen LogP contribution is 2.46. The predicted molar refractivity (Wildman–Crippen MR) is 99.9 cm³/mol. The molecule has 1 aromatic carbocycles. The molecule has 1 saturated heterocycles. The second-order valence-electron chi connectivity index (χ2n) is 7.59. The van der Waals surface area contributed by atoms with Gasteiger partial charge < -0.3 is 10.0 Å². The molecule has 2 heterocycles. The molecule has 1 N–H and O–H groups in total. The number of benzene rings is 1. The normalized spacial score (nSPS) is 20.7. The van der Waals surface area contributed by atoms with Crippen molar-refractivity contribution in [1.82, 2.24) is 14.0 Å². The van der Waals surface area contributed by atoms with E-state index in [4.69, 9.17) is 0 Å². The number of aliphatic hydroxyl groups is 1. The minimum absolute atomic E-state index is 0.103. The lowest BCUT2D eigenvalue weighted by Gasteiger charge is -2.42. The van der Waals surface area contributed by atoms with E-state index in [1.165, 1.54) is 35.9 Å². The first kappa shape index (κ1) is 17.7. The number of hydrogen-bond donors (Lipinski definition) is 1. The van der Waals surface area contributed by atoms with Gasteiger partial charge in [0.05, 0.1) is 6.10 Å². The van der Waals surface area contributed by atoms with Crippen molar-refractivity contribution in [3.63, 3.8) is 0 Å². The Hall–Kier alpha value is -2.67. The molecule has 1 aliphatic carbocycles. The van der Waals surface area contributed by atoms with Gasteiger partial charge in [0.2, 0.25) is 0 Å². The molecule has 1 spiro atoms. The topological polar surface area (TPSA) is 84.5 Å². The van der Waals surface area contributed by atoms with Crippen LogP contribution in [0.3, 0.4) is 0 Å². The monoisotopic (exact) mass is 369 g/mol. The number of aromatic nitrogens is 2. The van der Waals surface area contributed by atoms with E-state index in [0.29, 0.717) is 32.4 Å². The number of fused-ring (bicyclic) bond motifs is 2. The standard InChI is InChI=1S/C20H23N3O4/c1-21-15(12-17(25)22(2)19(21)27)18(26)23-9-7-20(8-10-23)14-6-4-3-5-13(14)11-16(20)24/h3-6,12,16,24H,7-11H2,1-2H3. The van der Waals surface area contributed by atoms with Gasteiger partial charge in [-0.25, -0.2) is 4.79 Å². The molecule has 0 bridgehead atoms. The first-order chi connectivity index (χ1) is 12.8. The molecule has 1 unspecified atom stereocenters. The number of carbonyl (C=O) groups excluding carboxylic acids is 1. The number of rotatable bonds is 1. The molecule has 27 heavy (non-hydrogen) atoms. The van der Waals surface area contributed by atoms with Crippen molar-refractivity contribution in [2.45, 2.75) is 30.8 Å². The van der Waals surface area contributed by atoms with Crippen LogP contribution in [-0.2, 0) is 25.9 Å². The van der Waals surface area contributed by atoms with E-state index >= 15 is 0 Å². The Balaban J connectivity index is 1.60. The molecule has 1 aromatic heterocycles. The minimum atomic E-state index is -0.514. The third-order valence-electron chi connectivity index (χ3n) is 6.29. The van der Waals surface area contributed by atoms with E-state index in [0.717, 1.165) is 4.57 Å². The second kappa shape index (κ2) is 6.20. The number of hydrogen-bond acceptors (Lipinski definition) is 4. The first-order valence-electron chi connectivity index (χ1n) is 9.18. The fourth-order valence-corrected chi connectivity index (χ4v) is 4.58. The molecule has 1 fully saturated rings. The van der Waals surface area contributed by atoms with Crippen LogP contribution in [0.2, 0.25) is 0 Å². The van der Waals surface area contributed by atoms with Gasteiger partial charge in [-0.05, 0) is 30.4 Å². The average molecular weight is 369 g/mol. The molecule has 2 aliphatic rings. The Labute approximate surface area is 156 Å². The maximum atomic E-state index is 12.9. The average Bonchev–Trinajstić information content (AvgIpc) is 2.95. The molecule has 0 radical (unpaired) electrons. The number of nitrogens with zero attached hydrogens (tertiary/aromatic N) is 3. The van der Waals surface area contributed by atoms with Gasteiger partial charge in [-0.15, -0.1) is 0 Å². The summed E-state index contributed by atoms with van der Waals surface area (Å²) in [5.41, 5.74) is 1.15. The molecule has 142 valence electrons. The highest BCUT2D eigenvalue weighted by atomic mass is 16.3. The molecule has 4 rings (SSSR count). The summed E-state index contributed by atoms with van der Waals surface area (Å²) in [6.45, 7) is 0.960. The Morgan fingerprint density at radius 1 is 1.11 bits per heavy atom. The highest BCUT2D eigenvalue weighted by Gasteiger charge is 2.48. The van der Waals surface area contributed by atoms with Crippen LogP contribution in [0.25, 0.3) is 0 Å². The summed E-state index contributed by atoms with van der Waals surface area (Å²) in [5.74, 6) is -0.317. The Kier molecular flexibility index (Phi) is 4.07. The third-order valence-corrected chi connectivity index (χ3v) is 6.29. The maximum absolute atomic E-state index is 12.9. The molecule has 1 atom stereocenters. The molecule has 0 saturated carbocycles. The number of amides is 1. The van der Waals surface area contributed by atoms with Crippen LogP contribution in [0.15, 0.2) is 39.9 Å². The van der Waals surface area contributed by atoms with Gasteiger partial charge >= 0.3 is 5.69 Å². The summed E-state index contributed by atoms with van der Waals surface area (Å²) >= 11 is 0. The zero-order valence-electron chi connectivity index (χ0n) is 15.5. The van der Waals surface area contributed by atoms with Crippen LogP contribution >= 0.6 is 0 Å². The SMILES string of the molecule is Cn1c(C(=O)N2CCC3(CC2)c2ccccc2CC3O)cc(=O)n(C)c1=O. The van der Waals surface area contributed by atoms with Crippen LogP contribution < -0.4 is 11.2 Å². The quantitative estimate of drug-likeness (QED) is 0.777. The molecule has 1 aliphatic heterocycles. The van der Waals surface area contributed by atoms with Gasteiger partial charge in [0.15, 0.2) is 0 Å². The molecule has 2 aromatic rings. The smallest absolute Gasteiger partial charge is 0.331 e. The van der Waals surface area contributed by atoms with Crippen molar-refractivity contribution in [2.24, 2.45) is 14.1 Å². The fourth-order valence-electron chi connectivity index (χ4n) is 4.58. The van der Waals surface area contributed by atoms with Crippen LogP contribution in [0.5, 0.6) is 0 Å². The lowest BCUT2D eigenvalue weighted by Crippen LogP contribution is -2.50. The van der Waals surface area contributed by atoms with Crippen molar-refractivity contribution >= 4 is 5.91 Å². The summed E-state index contributed by atoms with van der Waals surface area (Å²) in [5, 5.41) is 10.7. The number of aliphatic hydroxyl groups excluding tert-OH is 1. The fraction of sp³-hybridized carbons (Fsp3) is 0.450. The van der Waals surface area contributed by atoms with Crippen molar-refractivity contribution < 1.29 is 9.90 Å². The van der Waals surface area contributed by atoms with Crippen LogP contribution in [0, 0.1) is 0 Å². The van der Waals surface area contributed by atoms with Crippen LogP contribution in [0.1, 0.15) is 34.5 Å². The maximum Gasteiger partial charge on any atom is 0.331 e. The van der Waals surface area contributed by atoms with Crippen molar-refractivity contribution in [1.29, 1.82) is 0 Å². The Bertz CT molecular complexity index is 1030. The number of carbonyl (C=O) groups is 1. The van der Waals surface area contributed by atoms with E-state index in [-0.39, 0.29) is 17.0 Å². The summed E-state index contributed by atoms with van der Waals surface area (Å²) in [6, 6.07) is 9.33. The van der Waals surface area contributed by atoms with E-state index in [1.807, 2.05) is 12.1 Å². The van der Waals surface area contributed by atoms with E-state index in [2.05, 4.69) is 12.1 Å². The number of likely N-dealkylation sites (tertiary alicyclic amines) is 1. The predicted octanol–water partition coefficient (Wildman–Crippen LogP) is 0.175. The van der Waals surface area contributed by atoms with E-state index in [9.17, 15) is 19.5 Å². The molecular formula is C20H23N3O4. The zero-order valence-corrected chi connectivity index (χ0v) is 15.5. The van der Waals surface area contributed by atoms with Gasteiger partial charge in [0.25, 0.3) is 11.5 Å².